The Labute approximate surface area is 226 Å². The van der Waals surface area contributed by atoms with Crippen molar-refractivity contribution in [2.45, 2.75) is 30.8 Å². The molecule has 2 aliphatic heterocycles. The molecule has 4 aromatic rings. The lowest BCUT2D eigenvalue weighted by atomic mass is 9.67. The van der Waals surface area contributed by atoms with Gasteiger partial charge >= 0.3 is 0 Å². The number of nitrogens with zero attached hydrogens (tertiary/aromatic N) is 2. The Balaban J connectivity index is 1.33. The SMILES string of the molecule is COc1ccc(C2C(=O)c3ccc(-c4ccncc4)cc3NC23CCN(Cc2ccc(F)c(F)c2)CC3)cc1. The Bertz CT molecular complexity index is 1500. The number of piperidine rings is 1. The molecule has 5 nitrogen and oxygen atoms in total. The smallest absolute Gasteiger partial charge is 0.174 e. The lowest BCUT2D eigenvalue weighted by molar-refractivity contribution is 0.0842. The van der Waals surface area contributed by atoms with Crippen molar-refractivity contribution in [2.75, 3.05) is 25.5 Å². The third-order valence-corrected chi connectivity index (χ3v) is 8.08. The largest absolute Gasteiger partial charge is 0.497 e. The van der Waals surface area contributed by atoms with E-state index in [-0.39, 0.29) is 11.7 Å². The van der Waals surface area contributed by atoms with Crippen LogP contribution >= 0.6 is 0 Å². The van der Waals surface area contributed by atoms with Gasteiger partial charge in [0.25, 0.3) is 0 Å². The van der Waals surface area contributed by atoms with Crippen LogP contribution in [0.2, 0.25) is 0 Å². The molecule has 0 bridgehead atoms. The van der Waals surface area contributed by atoms with E-state index in [1.165, 1.54) is 12.1 Å². The summed E-state index contributed by atoms with van der Waals surface area (Å²) in [6.45, 7) is 1.95. The number of pyridine rings is 1. The summed E-state index contributed by atoms with van der Waals surface area (Å²) in [5.41, 5.74) is 4.78. The maximum absolute atomic E-state index is 14.2. The van der Waals surface area contributed by atoms with E-state index in [0.717, 1.165) is 46.5 Å². The molecule has 1 saturated heterocycles. The Hall–Kier alpha value is -4.10. The number of benzene rings is 3. The molecule has 1 spiro atoms. The fraction of sp³-hybridized carbons (Fsp3) is 0.250. The number of anilines is 1. The van der Waals surface area contributed by atoms with E-state index in [4.69, 9.17) is 4.74 Å². The number of hydrogen-bond donors (Lipinski definition) is 1. The molecule has 0 aliphatic carbocycles. The van der Waals surface area contributed by atoms with E-state index in [1.54, 1.807) is 25.6 Å². The molecule has 3 heterocycles. The number of aromatic nitrogens is 1. The van der Waals surface area contributed by atoms with Gasteiger partial charge in [-0.05, 0) is 83.6 Å². The number of fused-ring (bicyclic) bond motifs is 1. The maximum Gasteiger partial charge on any atom is 0.174 e. The van der Waals surface area contributed by atoms with E-state index in [1.807, 2.05) is 48.5 Å². The van der Waals surface area contributed by atoms with E-state index >= 15 is 0 Å². The van der Waals surface area contributed by atoms with Gasteiger partial charge in [0.2, 0.25) is 0 Å². The van der Waals surface area contributed by atoms with Crippen molar-refractivity contribution >= 4 is 11.5 Å². The van der Waals surface area contributed by atoms with Crippen LogP contribution in [0.25, 0.3) is 11.1 Å². The average Bonchev–Trinajstić information content (AvgIpc) is 2.97. The zero-order valence-electron chi connectivity index (χ0n) is 21.7. The molecule has 1 atom stereocenters. The van der Waals surface area contributed by atoms with Crippen molar-refractivity contribution in [3.05, 3.63) is 114 Å². The molecule has 0 amide bonds. The molecule has 2 aliphatic rings. The zero-order valence-corrected chi connectivity index (χ0v) is 21.7. The lowest BCUT2D eigenvalue weighted by Crippen LogP contribution is -2.56. The molecule has 6 rings (SSSR count). The minimum atomic E-state index is -0.839. The normalized spacial score (nSPS) is 18.4. The molecular weight excluding hydrogens is 496 g/mol. The average molecular weight is 526 g/mol. The summed E-state index contributed by atoms with van der Waals surface area (Å²) < 4.78 is 32.6. The summed E-state index contributed by atoms with van der Waals surface area (Å²) in [4.78, 5) is 20.5. The summed E-state index contributed by atoms with van der Waals surface area (Å²) in [5.74, 6) is -1.19. The fourth-order valence-electron chi connectivity index (χ4n) is 6.02. The minimum Gasteiger partial charge on any atom is -0.497 e. The Kier molecular flexibility index (Phi) is 6.61. The van der Waals surface area contributed by atoms with Crippen molar-refractivity contribution in [3.63, 3.8) is 0 Å². The van der Waals surface area contributed by atoms with Crippen molar-refractivity contribution in [3.8, 4) is 16.9 Å². The van der Waals surface area contributed by atoms with Crippen molar-refractivity contribution < 1.29 is 18.3 Å². The van der Waals surface area contributed by atoms with Crippen LogP contribution in [0, 0.1) is 11.6 Å². The van der Waals surface area contributed by atoms with Crippen molar-refractivity contribution in [2.24, 2.45) is 0 Å². The second-order valence-electron chi connectivity index (χ2n) is 10.4. The Morgan fingerprint density at radius 3 is 2.36 bits per heavy atom. The quantitative estimate of drug-likeness (QED) is 0.324. The van der Waals surface area contributed by atoms with Crippen LogP contribution in [0.3, 0.4) is 0 Å². The first kappa shape index (κ1) is 25.2. The number of carbonyl (C=O) groups excluding carboxylic acids is 1. The maximum atomic E-state index is 14.2. The van der Waals surface area contributed by atoms with Gasteiger partial charge in [0.05, 0.1) is 18.6 Å². The number of carbonyl (C=O) groups is 1. The van der Waals surface area contributed by atoms with Gasteiger partial charge in [-0.1, -0.05) is 24.3 Å². The zero-order chi connectivity index (χ0) is 27.0. The summed E-state index contributed by atoms with van der Waals surface area (Å²) >= 11 is 0. The van der Waals surface area contributed by atoms with Crippen LogP contribution in [0.1, 0.15) is 40.2 Å². The number of hydrogen-bond acceptors (Lipinski definition) is 5. The topological polar surface area (TPSA) is 54.5 Å². The highest BCUT2D eigenvalue weighted by Crippen LogP contribution is 2.47. The third kappa shape index (κ3) is 4.79. The number of rotatable bonds is 5. The van der Waals surface area contributed by atoms with Gasteiger partial charge < -0.3 is 10.1 Å². The fourth-order valence-corrected chi connectivity index (χ4v) is 6.02. The molecule has 1 unspecified atom stereocenters. The van der Waals surface area contributed by atoms with E-state index in [2.05, 4.69) is 21.3 Å². The van der Waals surface area contributed by atoms with Gasteiger partial charge in [0.1, 0.15) is 5.75 Å². The second kappa shape index (κ2) is 10.2. The van der Waals surface area contributed by atoms with Crippen LogP contribution in [0.4, 0.5) is 14.5 Å². The first-order chi connectivity index (χ1) is 19.0. The monoisotopic (exact) mass is 525 g/mol. The molecule has 0 radical (unpaired) electrons. The summed E-state index contributed by atoms with van der Waals surface area (Å²) in [7, 11) is 1.63. The van der Waals surface area contributed by atoms with Crippen molar-refractivity contribution in [1.29, 1.82) is 0 Å². The van der Waals surface area contributed by atoms with Crippen LogP contribution in [0.5, 0.6) is 5.75 Å². The van der Waals surface area contributed by atoms with Crippen LogP contribution in [0.15, 0.2) is 85.2 Å². The number of Topliss-reactive ketones (excluding diaryl/α,β-unsaturated/α-hetero) is 1. The molecule has 1 fully saturated rings. The van der Waals surface area contributed by atoms with Gasteiger partial charge in [-0.2, -0.15) is 0 Å². The van der Waals surface area contributed by atoms with Crippen molar-refractivity contribution in [1.82, 2.24) is 9.88 Å². The first-order valence-corrected chi connectivity index (χ1v) is 13.1. The number of ether oxygens (including phenoxy) is 1. The molecule has 1 N–H and O–H groups in total. The Morgan fingerprint density at radius 2 is 1.67 bits per heavy atom. The summed E-state index contributed by atoms with van der Waals surface area (Å²) in [6.07, 6.45) is 4.96. The molecule has 198 valence electrons. The van der Waals surface area contributed by atoms with Gasteiger partial charge in [-0.25, -0.2) is 8.78 Å². The number of nitrogens with one attached hydrogen (secondary N) is 1. The highest BCUT2D eigenvalue weighted by atomic mass is 19.2. The lowest BCUT2D eigenvalue weighted by Gasteiger charge is -2.50. The number of likely N-dealkylation sites (tertiary alicyclic amines) is 1. The molecule has 3 aromatic carbocycles. The minimum absolute atomic E-state index is 0.101. The Morgan fingerprint density at radius 1 is 0.923 bits per heavy atom. The third-order valence-electron chi connectivity index (χ3n) is 8.08. The van der Waals surface area contributed by atoms with Gasteiger partial charge in [-0.3, -0.25) is 14.7 Å². The van der Waals surface area contributed by atoms with E-state index in [9.17, 15) is 13.6 Å². The number of methoxy groups -OCH3 is 1. The highest BCUT2D eigenvalue weighted by molar-refractivity contribution is 6.09. The van der Waals surface area contributed by atoms with Crippen LogP contribution in [-0.4, -0.2) is 41.4 Å². The molecule has 1 aromatic heterocycles. The molecule has 39 heavy (non-hydrogen) atoms. The molecule has 0 saturated carbocycles. The van der Waals surface area contributed by atoms with E-state index in [0.29, 0.717) is 25.2 Å². The molecular formula is C32H29F2N3O2. The highest BCUT2D eigenvalue weighted by Gasteiger charge is 2.49. The first-order valence-electron chi connectivity index (χ1n) is 13.1. The predicted molar refractivity (Wildman–Crippen MR) is 147 cm³/mol. The molecule has 7 heteroatoms. The van der Waals surface area contributed by atoms with Gasteiger partial charge in [-0.15, -0.1) is 0 Å². The van der Waals surface area contributed by atoms with Crippen LogP contribution in [-0.2, 0) is 6.54 Å². The number of halogens is 2. The number of ketones is 1. The van der Waals surface area contributed by atoms with E-state index < -0.39 is 17.2 Å². The predicted octanol–water partition coefficient (Wildman–Crippen LogP) is 6.46. The van der Waals surface area contributed by atoms with Crippen LogP contribution < -0.4 is 10.1 Å². The summed E-state index contributed by atoms with van der Waals surface area (Å²) in [6, 6.07) is 21.7. The van der Waals surface area contributed by atoms with Gasteiger partial charge in [0.15, 0.2) is 17.4 Å². The summed E-state index contributed by atoms with van der Waals surface area (Å²) in [5, 5.41) is 3.83. The second-order valence-corrected chi connectivity index (χ2v) is 10.4. The van der Waals surface area contributed by atoms with Gasteiger partial charge in [0, 0.05) is 43.3 Å². The standard InChI is InChI=1S/C32H29F2N3O2/c1-39-25-6-3-23(4-7-25)30-31(38)26-8-5-24(22-10-14-35-15-11-22)19-29(26)36-32(30)12-16-37(17-13-32)20-21-2-9-27(33)28(34)18-21/h2-11,14-15,18-19,30,36H,12-13,16-17,20H2,1H3.